The Bertz CT molecular complexity index is 731. The third-order valence-electron chi connectivity index (χ3n) is 5.90. The molecule has 1 heteroatoms. The summed E-state index contributed by atoms with van der Waals surface area (Å²) < 4.78 is 5.68. The number of rotatable bonds is 9. The SMILES string of the molecule is C=CCC1CCC(c2ccc(-c3ccc(COCC=CCC)cc3)cc2)CC1. The number of hydrogen-bond donors (Lipinski definition) is 0. The van der Waals surface area contributed by atoms with Gasteiger partial charge in [-0.1, -0.05) is 73.7 Å². The van der Waals surface area contributed by atoms with E-state index in [0.29, 0.717) is 13.2 Å². The summed E-state index contributed by atoms with van der Waals surface area (Å²) in [4.78, 5) is 0. The van der Waals surface area contributed by atoms with Crippen LogP contribution in [0, 0.1) is 5.92 Å². The molecule has 0 heterocycles. The van der Waals surface area contributed by atoms with Gasteiger partial charge in [0.05, 0.1) is 13.2 Å². The van der Waals surface area contributed by atoms with E-state index in [1.54, 1.807) is 0 Å². The van der Waals surface area contributed by atoms with E-state index in [1.165, 1.54) is 54.4 Å². The van der Waals surface area contributed by atoms with Crippen LogP contribution in [0.15, 0.2) is 73.3 Å². The zero-order chi connectivity index (χ0) is 19.6. The Morgan fingerprint density at radius 1 is 0.893 bits per heavy atom. The van der Waals surface area contributed by atoms with Crippen LogP contribution in [0.3, 0.4) is 0 Å². The third-order valence-corrected chi connectivity index (χ3v) is 5.90. The largest absolute Gasteiger partial charge is 0.373 e. The summed E-state index contributed by atoms with van der Waals surface area (Å²) in [6, 6.07) is 18.0. The molecular weight excluding hydrogens is 340 g/mol. The lowest BCUT2D eigenvalue weighted by atomic mass is 9.77. The van der Waals surface area contributed by atoms with Gasteiger partial charge in [0.1, 0.15) is 0 Å². The highest BCUT2D eigenvalue weighted by molar-refractivity contribution is 5.64. The lowest BCUT2D eigenvalue weighted by Gasteiger charge is -2.28. The van der Waals surface area contributed by atoms with Crippen molar-refractivity contribution in [3.05, 3.63) is 84.5 Å². The van der Waals surface area contributed by atoms with Gasteiger partial charge in [-0.05, 0) is 72.6 Å². The van der Waals surface area contributed by atoms with Gasteiger partial charge < -0.3 is 4.74 Å². The monoisotopic (exact) mass is 374 g/mol. The minimum atomic E-state index is 0.668. The van der Waals surface area contributed by atoms with Crippen molar-refractivity contribution in [3.63, 3.8) is 0 Å². The molecule has 0 unspecified atom stereocenters. The predicted octanol–water partition coefficient (Wildman–Crippen LogP) is 7.69. The summed E-state index contributed by atoms with van der Waals surface area (Å²) in [7, 11) is 0. The van der Waals surface area contributed by atoms with Crippen molar-refractivity contribution in [2.24, 2.45) is 5.92 Å². The summed E-state index contributed by atoms with van der Waals surface area (Å²) >= 11 is 0. The Hall–Kier alpha value is -2.12. The maximum Gasteiger partial charge on any atom is 0.0721 e. The van der Waals surface area contributed by atoms with Crippen molar-refractivity contribution in [1.82, 2.24) is 0 Å². The fourth-order valence-corrected chi connectivity index (χ4v) is 4.19. The molecule has 3 rings (SSSR count). The van der Waals surface area contributed by atoms with Crippen molar-refractivity contribution < 1.29 is 4.74 Å². The Morgan fingerprint density at radius 2 is 1.54 bits per heavy atom. The first-order chi connectivity index (χ1) is 13.8. The molecule has 2 aromatic carbocycles. The molecule has 0 aliphatic heterocycles. The first-order valence-electron chi connectivity index (χ1n) is 10.8. The minimum Gasteiger partial charge on any atom is -0.373 e. The first-order valence-corrected chi connectivity index (χ1v) is 10.8. The summed E-state index contributed by atoms with van der Waals surface area (Å²) in [5, 5.41) is 0. The molecular formula is C27H34O. The lowest BCUT2D eigenvalue weighted by molar-refractivity contribution is 0.148. The third kappa shape index (κ3) is 5.94. The standard InChI is InChI=1S/C27H34O/c1-3-5-6-20-28-21-23-10-14-25(15-11-23)27-18-16-26(17-19-27)24-12-8-22(7-4-2)9-13-24/h4-6,10-11,14-19,22,24H,2-3,7-9,12-13,20-21H2,1H3. The number of allylic oxidation sites excluding steroid dienone is 2. The predicted molar refractivity (Wildman–Crippen MR) is 120 cm³/mol. The molecule has 1 saturated carbocycles. The second-order valence-electron chi connectivity index (χ2n) is 7.96. The van der Waals surface area contributed by atoms with Crippen LogP contribution in [-0.4, -0.2) is 6.61 Å². The molecule has 148 valence electrons. The van der Waals surface area contributed by atoms with Crippen molar-refractivity contribution in [2.45, 2.75) is 58.0 Å². The molecule has 0 spiro atoms. The van der Waals surface area contributed by atoms with Crippen LogP contribution in [0.2, 0.25) is 0 Å². The molecule has 0 bridgehead atoms. The van der Waals surface area contributed by atoms with E-state index in [4.69, 9.17) is 4.74 Å². The molecule has 1 fully saturated rings. The van der Waals surface area contributed by atoms with Crippen LogP contribution in [-0.2, 0) is 11.3 Å². The van der Waals surface area contributed by atoms with Crippen molar-refractivity contribution in [2.75, 3.05) is 6.61 Å². The van der Waals surface area contributed by atoms with Crippen LogP contribution < -0.4 is 0 Å². The number of ether oxygens (including phenoxy) is 1. The fraction of sp³-hybridized carbons (Fsp3) is 0.407. The maximum atomic E-state index is 5.68. The quantitative estimate of drug-likeness (QED) is 0.323. The van der Waals surface area contributed by atoms with Gasteiger partial charge in [-0.25, -0.2) is 0 Å². The van der Waals surface area contributed by atoms with Gasteiger partial charge >= 0.3 is 0 Å². The molecule has 0 amide bonds. The van der Waals surface area contributed by atoms with Gasteiger partial charge in [-0.15, -0.1) is 6.58 Å². The molecule has 0 aromatic heterocycles. The van der Waals surface area contributed by atoms with E-state index in [1.807, 2.05) is 0 Å². The van der Waals surface area contributed by atoms with Gasteiger partial charge in [0.25, 0.3) is 0 Å². The Kier molecular flexibility index (Phi) is 8.11. The van der Waals surface area contributed by atoms with Gasteiger partial charge in [-0.2, -0.15) is 0 Å². The molecule has 0 atom stereocenters. The maximum absolute atomic E-state index is 5.68. The Labute approximate surface area is 171 Å². The van der Waals surface area contributed by atoms with Crippen LogP contribution in [0.4, 0.5) is 0 Å². The van der Waals surface area contributed by atoms with E-state index in [2.05, 4.69) is 80.3 Å². The van der Waals surface area contributed by atoms with Gasteiger partial charge in [-0.3, -0.25) is 0 Å². The fourth-order valence-electron chi connectivity index (χ4n) is 4.19. The molecule has 28 heavy (non-hydrogen) atoms. The number of hydrogen-bond acceptors (Lipinski definition) is 1. The average molecular weight is 375 g/mol. The van der Waals surface area contributed by atoms with Crippen molar-refractivity contribution in [1.29, 1.82) is 0 Å². The molecule has 1 nitrogen and oxygen atoms in total. The normalized spacial score (nSPS) is 19.8. The van der Waals surface area contributed by atoms with Crippen molar-refractivity contribution in [3.8, 4) is 11.1 Å². The second kappa shape index (κ2) is 11.0. The van der Waals surface area contributed by atoms with E-state index in [9.17, 15) is 0 Å². The van der Waals surface area contributed by atoms with Crippen molar-refractivity contribution >= 4 is 0 Å². The average Bonchev–Trinajstić information content (AvgIpc) is 2.75. The molecule has 0 saturated heterocycles. The molecule has 0 radical (unpaired) electrons. The lowest BCUT2D eigenvalue weighted by Crippen LogP contribution is -2.12. The first kappa shape index (κ1) is 20.6. The van der Waals surface area contributed by atoms with E-state index >= 15 is 0 Å². The zero-order valence-electron chi connectivity index (χ0n) is 17.3. The molecule has 1 aliphatic carbocycles. The highest BCUT2D eigenvalue weighted by Gasteiger charge is 2.21. The van der Waals surface area contributed by atoms with Crippen LogP contribution in [0.5, 0.6) is 0 Å². The smallest absolute Gasteiger partial charge is 0.0721 e. The van der Waals surface area contributed by atoms with E-state index in [0.717, 1.165) is 18.3 Å². The topological polar surface area (TPSA) is 9.23 Å². The summed E-state index contributed by atoms with van der Waals surface area (Å²) in [5.41, 5.74) is 5.30. The van der Waals surface area contributed by atoms with E-state index in [-0.39, 0.29) is 0 Å². The highest BCUT2D eigenvalue weighted by atomic mass is 16.5. The van der Waals surface area contributed by atoms with Gasteiger partial charge in [0, 0.05) is 0 Å². The Morgan fingerprint density at radius 3 is 2.14 bits per heavy atom. The van der Waals surface area contributed by atoms with Gasteiger partial charge in [0.15, 0.2) is 0 Å². The number of benzene rings is 2. The summed E-state index contributed by atoms with van der Waals surface area (Å²) in [5.74, 6) is 1.59. The summed E-state index contributed by atoms with van der Waals surface area (Å²) in [6.45, 7) is 7.38. The Balaban J connectivity index is 1.53. The van der Waals surface area contributed by atoms with E-state index < -0.39 is 0 Å². The molecule has 2 aromatic rings. The van der Waals surface area contributed by atoms with Crippen LogP contribution >= 0.6 is 0 Å². The summed E-state index contributed by atoms with van der Waals surface area (Å²) in [6.07, 6.45) is 13.9. The second-order valence-corrected chi connectivity index (χ2v) is 7.96. The van der Waals surface area contributed by atoms with Crippen LogP contribution in [0.1, 0.15) is 62.5 Å². The molecule has 0 N–H and O–H groups in total. The highest BCUT2D eigenvalue weighted by Crippen LogP contribution is 2.37. The zero-order valence-corrected chi connectivity index (χ0v) is 17.3. The minimum absolute atomic E-state index is 0.668. The molecule has 1 aliphatic rings. The van der Waals surface area contributed by atoms with Crippen LogP contribution in [0.25, 0.3) is 11.1 Å². The van der Waals surface area contributed by atoms with Gasteiger partial charge in [0.2, 0.25) is 0 Å².